The van der Waals surface area contributed by atoms with Crippen LogP contribution in [0.3, 0.4) is 0 Å². The van der Waals surface area contributed by atoms with E-state index >= 15 is 0 Å². The summed E-state index contributed by atoms with van der Waals surface area (Å²) < 4.78 is 2.11. The average Bonchev–Trinajstić information content (AvgIpc) is 3.48. The van der Waals surface area contributed by atoms with E-state index in [0.29, 0.717) is 31.7 Å². The van der Waals surface area contributed by atoms with Gasteiger partial charge in [0.15, 0.2) is 5.66 Å². The fraction of sp³-hybridized carbons (Fsp3) is 0.684. The van der Waals surface area contributed by atoms with E-state index in [1.807, 2.05) is 0 Å². The van der Waals surface area contributed by atoms with Crippen molar-refractivity contribution in [1.82, 2.24) is 15.1 Å². The summed E-state index contributed by atoms with van der Waals surface area (Å²) in [7, 11) is 0. The molecule has 0 atom stereocenters. The molecule has 25 heavy (non-hydrogen) atoms. The molecule has 0 spiro atoms. The smallest absolute Gasteiger partial charge is 0.220 e. The lowest BCUT2D eigenvalue weighted by Crippen LogP contribution is -2.27. The van der Waals surface area contributed by atoms with Gasteiger partial charge in [0.2, 0.25) is 5.91 Å². The van der Waals surface area contributed by atoms with Gasteiger partial charge in [0.25, 0.3) is 0 Å². The number of terminal acetylenes is 1. The predicted octanol–water partition coefficient (Wildman–Crippen LogP) is 3.49. The largest absolute Gasteiger partial charge is 0.350 e. The fourth-order valence-electron chi connectivity index (χ4n) is 3.00. The minimum absolute atomic E-state index is 0.00987. The molecule has 1 amide bonds. The van der Waals surface area contributed by atoms with Crippen LogP contribution in [-0.4, -0.2) is 21.4 Å². The third-order valence-corrected chi connectivity index (χ3v) is 4.69. The van der Waals surface area contributed by atoms with Gasteiger partial charge in [-0.2, -0.15) is 15.3 Å². The van der Waals surface area contributed by atoms with Crippen molar-refractivity contribution in [3.05, 3.63) is 17.5 Å². The van der Waals surface area contributed by atoms with Crippen LogP contribution in [-0.2, 0) is 16.9 Å². The molecule has 134 valence electrons. The molecule has 1 aromatic heterocycles. The highest BCUT2D eigenvalue weighted by atomic mass is 16.1. The SMILES string of the molecule is C#CCCC1(CCC(=O)NCc2cc(C3CC3)n(C(C)(C)C)n2)N=N1. The summed E-state index contributed by atoms with van der Waals surface area (Å²) in [6.07, 6.45) is 10.2. The van der Waals surface area contributed by atoms with Gasteiger partial charge in [-0.1, -0.05) is 0 Å². The molecule has 1 aliphatic carbocycles. The number of hydrogen-bond acceptors (Lipinski definition) is 4. The summed E-state index contributed by atoms with van der Waals surface area (Å²) in [5, 5.41) is 15.8. The topological polar surface area (TPSA) is 71.6 Å². The van der Waals surface area contributed by atoms with Crippen LogP contribution in [0.5, 0.6) is 0 Å². The van der Waals surface area contributed by atoms with Crippen molar-refractivity contribution in [3.63, 3.8) is 0 Å². The summed E-state index contributed by atoms with van der Waals surface area (Å²) in [5.41, 5.74) is 1.78. The molecule has 0 unspecified atom stereocenters. The first kappa shape index (κ1) is 17.7. The molecule has 1 N–H and O–H groups in total. The molecule has 2 aliphatic rings. The van der Waals surface area contributed by atoms with Crippen LogP contribution < -0.4 is 5.32 Å². The number of aromatic nitrogens is 2. The monoisotopic (exact) mass is 341 g/mol. The summed E-state index contributed by atoms with van der Waals surface area (Å²) in [6, 6.07) is 2.14. The Morgan fingerprint density at radius 2 is 2.12 bits per heavy atom. The lowest BCUT2D eigenvalue weighted by molar-refractivity contribution is -0.121. The quantitative estimate of drug-likeness (QED) is 0.735. The van der Waals surface area contributed by atoms with Crippen LogP contribution in [0, 0.1) is 12.3 Å². The molecule has 1 aromatic rings. The second kappa shape index (κ2) is 6.62. The highest BCUT2D eigenvalue weighted by Crippen LogP contribution is 2.41. The van der Waals surface area contributed by atoms with E-state index in [0.717, 1.165) is 12.1 Å². The van der Waals surface area contributed by atoms with Gasteiger partial charge in [-0.3, -0.25) is 9.48 Å². The second-order valence-corrected chi connectivity index (χ2v) is 8.08. The first-order valence-electron chi connectivity index (χ1n) is 9.06. The molecule has 3 rings (SSSR count). The van der Waals surface area contributed by atoms with Crippen molar-refractivity contribution >= 4 is 5.91 Å². The Morgan fingerprint density at radius 1 is 1.40 bits per heavy atom. The number of hydrogen-bond donors (Lipinski definition) is 1. The van der Waals surface area contributed by atoms with Crippen LogP contribution >= 0.6 is 0 Å². The summed E-state index contributed by atoms with van der Waals surface area (Å²) >= 11 is 0. The summed E-state index contributed by atoms with van der Waals surface area (Å²) in [4.78, 5) is 12.1. The van der Waals surface area contributed by atoms with Crippen molar-refractivity contribution in [3.8, 4) is 12.3 Å². The normalized spacial score (nSPS) is 18.0. The fourth-order valence-corrected chi connectivity index (χ4v) is 3.00. The highest BCUT2D eigenvalue weighted by molar-refractivity contribution is 5.75. The Kier molecular flexibility index (Phi) is 4.68. The van der Waals surface area contributed by atoms with Crippen LogP contribution in [0.1, 0.15) is 76.6 Å². The van der Waals surface area contributed by atoms with E-state index in [2.05, 4.69) is 53.0 Å². The van der Waals surface area contributed by atoms with E-state index < -0.39 is 5.66 Å². The molecule has 1 fully saturated rings. The molecule has 1 aliphatic heterocycles. The predicted molar refractivity (Wildman–Crippen MR) is 95.9 cm³/mol. The first-order valence-corrected chi connectivity index (χ1v) is 9.06. The number of carbonyl (C=O) groups excluding carboxylic acids is 1. The molecule has 0 saturated heterocycles. The van der Waals surface area contributed by atoms with Crippen molar-refractivity contribution in [2.24, 2.45) is 10.2 Å². The van der Waals surface area contributed by atoms with Crippen LogP contribution in [0.4, 0.5) is 0 Å². The first-order chi connectivity index (χ1) is 11.8. The number of carbonyl (C=O) groups is 1. The lowest BCUT2D eigenvalue weighted by Gasteiger charge is -2.22. The van der Waals surface area contributed by atoms with Crippen molar-refractivity contribution < 1.29 is 4.79 Å². The van der Waals surface area contributed by atoms with Gasteiger partial charge < -0.3 is 5.32 Å². The number of amides is 1. The Balaban J connectivity index is 1.50. The van der Waals surface area contributed by atoms with E-state index in [1.54, 1.807) is 0 Å². The Bertz CT molecular complexity index is 709. The zero-order valence-electron chi connectivity index (χ0n) is 15.4. The lowest BCUT2D eigenvalue weighted by atomic mass is 10.0. The zero-order valence-corrected chi connectivity index (χ0v) is 15.4. The van der Waals surface area contributed by atoms with Crippen molar-refractivity contribution in [2.45, 2.75) is 83.0 Å². The van der Waals surface area contributed by atoms with Gasteiger partial charge in [-0.05, 0) is 39.7 Å². The Morgan fingerprint density at radius 3 is 2.68 bits per heavy atom. The maximum atomic E-state index is 12.1. The van der Waals surface area contributed by atoms with Gasteiger partial charge >= 0.3 is 0 Å². The molecule has 0 radical (unpaired) electrons. The second-order valence-electron chi connectivity index (χ2n) is 8.08. The summed E-state index contributed by atoms with van der Waals surface area (Å²) in [5.74, 6) is 3.24. The molecule has 2 heterocycles. The molecular weight excluding hydrogens is 314 g/mol. The number of nitrogens with one attached hydrogen (secondary N) is 1. The van der Waals surface area contributed by atoms with Gasteiger partial charge in [0.05, 0.1) is 17.8 Å². The molecule has 6 heteroatoms. The van der Waals surface area contributed by atoms with Gasteiger partial charge in [0.1, 0.15) is 0 Å². The number of nitrogens with zero attached hydrogens (tertiary/aromatic N) is 4. The molecule has 0 aromatic carbocycles. The van der Waals surface area contributed by atoms with Crippen molar-refractivity contribution in [2.75, 3.05) is 0 Å². The van der Waals surface area contributed by atoms with Crippen LogP contribution in [0.25, 0.3) is 0 Å². The highest BCUT2D eigenvalue weighted by Gasteiger charge is 2.39. The molecule has 6 nitrogen and oxygen atoms in total. The van der Waals surface area contributed by atoms with E-state index in [4.69, 9.17) is 11.5 Å². The van der Waals surface area contributed by atoms with Gasteiger partial charge in [-0.25, -0.2) is 0 Å². The Hall–Kier alpha value is -2.16. The third kappa shape index (κ3) is 4.47. The van der Waals surface area contributed by atoms with Crippen LogP contribution in [0.15, 0.2) is 16.3 Å². The van der Waals surface area contributed by atoms with Crippen LogP contribution in [0.2, 0.25) is 0 Å². The van der Waals surface area contributed by atoms with E-state index in [9.17, 15) is 4.79 Å². The van der Waals surface area contributed by atoms with E-state index in [1.165, 1.54) is 18.5 Å². The molecule has 1 saturated carbocycles. The maximum Gasteiger partial charge on any atom is 0.220 e. The van der Waals surface area contributed by atoms with Gasteiger partial charge in [0, 0.05) is 37.3 Å². The minimum Gasteiger partial charge on any atom is -0.350 e. The third-order valence-electron chi connectivity index (χ3n) is 4.69. The molecule has 0 bridgehead atoms. The Labute approximate surface area is 149 Å². The number of rotatable bonds is 8. The van der Waals surface area contributed by atoms with E-state index in [-0.39, 0.29) is 11.4 Å². The minimum atomic E-state index is -0.392. The van der Waals surface area contributed by atoms with Gasteiger partial charge in [-0.15, -0.1) is 12.3 Å². The standard InChI is InChI=1S/C19H27N5O/c1-5-6-10-19(22-23-19)11-9-17(25)20-13-15-12-16(14-7-8-14)24(21-15)18(2,3)4/h1,12,14H,6-11,13H2,2-4H3,(H,20,25). The van der Waals surface area contributed by atoms with Crippen molar-refractivity contribution in [1.29, 1.82) is 0 Å². The maximum absolute atomic E-state index is 12.1. The zero-order chi connectivity index (χ0) is 18.1. The molecular formula is C19H27N5O. The average molecular weight is 341 g/mol. The summed E-state index contributed by atoms with van der Waals surface area (Å²) in [6.45, 7) is 6.94.